The van der Waals surface area contributed by atoms with Gasteiger partial charge in [-0.25, -0.2) is 0 Å². The van der Waals surface area contributed by atoms with Gasteiger partial charge in [0.15, 0.2) is 0 Å². The van der Waals surface area contributed by atoms with E-state index in [1.54, 1.807) is 0 Å². The molecule has 0 bridgehead atoms. The molecule has 1 aromatic carbocycles. The molecule has 0 aromatic heterocycles. The van der Waals surface area contributed by atoms with Crippen LogP contribution in [0, 0.1) is 0 Å². The lowest BCUT2D eigenvalue weighted by Crippen LogP contribution is -2.23. The van der Waals surface area contributed by atoms with Crippen molar-refractivity contribution in [1.82, 2.24) is 0 Å². The molecule has 1 aromatic rings. The summed E-state index contributed by atoms with van der Waals surface area (Å²) in [6, 6.07) is 10.3. The van der Waals surface area contributed by atoms with E-state index < -0.39 is 8.07 Å². The molecule has 0 amide bonds. The minimum absolute atomic E-state index is 0.205. The molecule has 1 rings (SSSR count). The van der Waals surface area contributed by atoms with Crippen LogP contribution in [-0.4, -0.2) is 5.16 Å². The van der Waals surface area contributed by atoms with E-state index >= 15 is 0 Å². The summed E-state index contributed by atoms with van der Waals surface area (Å²) in [5, 5.41) is 1.48. The molecule has 66 valence electrons. The summed E-state index contributed by atoms with van der Waals surface area (Å²) >= 11 is 0. The Hall–Kier alpha value is -0.390. The van der Waals surface area contributed by atoms with Crippen LogP contribution in [0.15, 0.2) is 30.3 Å². The van der Waals surface area contributed by atoms with Crippen molar-refractivity contribution in [3.8, 4) is 0 Å². The molecular formula is C10H16NP. The van der Waals surface area contributed by atoms with Crippen molar-refractivity contribution >= 4 is 13.4 Å². The lowest BCUT2D eigenvalue weighted by atomic mass is 10.3. The molecule has 0 fully saturated rings. The molecule has 2 N–H and O–H groups in total. The van der Waals surface area contributed by atoms with Crippen molar-refractivity contribution in [1.29, 1.82) is 0 Å². The molecule has 0 unspecified atom stereocenters. The maximum atomic E-state index is 6.14. The van der Waals surface area contributed by atoms with Gasteiger partial charge in [0, 0.05) is 0 Å². The van der Waals surface area contributed by atoms with Gasteiger partial charge < -0.3 is 5.50 Å². The normalized spacial score (nSPS) is 14.3. The lowest BCUT2D eigenvalue weighted by Gasteiger charge is -2.27. The fraction of sp³-hybridized carbons (Fsp3) is 0.400. The van der Waals surface area contributed by atoms with E-state index in [2.05, 4.69) is 32.9 Å². The molecular weight excluding hydrogens is 165 g/mol. The Kier molecular flexibility index (Phi) is 2.87. The lowest BCUT2D eigenvalue weighted by molar-refractivity contribution is 0.788. The van der Waals surface area contributed by atoms with Crippen LogP contribution >= 0.6 is 8.07 Å². The Morgan fingerprint density at radius 2 is 1.58 bits per heavy atom. The third-order valence-corrected chi connectivity index (χ3v) is 4.06. The zero-order valence-electron chi connectivity index (χ0n) is 7.91. The molecule has 0 saturated heterocycles. The first-order chi connectivity index (χ1) is 5.52. The van der Waals surface area contributed by atoms with Gasteiger partial charge >= 0.3 is 0 Å². The molecule has 1 nitrogen and oxygen atoms in total. The number of hydrogen-bond donors (Lipinski definition) is 1. The molecule has 0 aliphatic heterocycles. The molecule has 0 heterocycles. The maximum Gasteiger partial charge on any atom is -0.000979 e. The van der Waals surface area contributed by atoms with Crippen LogP contribution in [-0.2, 0) is 0 Å². The summed E-state index contributed by atoms with van der Waals surface area (Å²) in [7, 11) is -0.517. The molecule has 0 aliphatic rings. The average molecular weight is 181 g/mol. The largest absolute Gasteiger partial charge is 0.306 e. The summed E-state index contributed by atoms with van der Waals surface area (Å²) in [5.41, 5.74) is 6.14. The summed E-state index contributed by atoms with van der Waals surface area (Å²) in [6.45, 7) is 6.56. The van der Waals surface area contributed by atoms with Crippen molar-refractivity contribution in [3.63, 3.8) is 0 Å². The van der Waals surface area contributed by atoms with Gasteiger partial charge in [-0.15, -0.1) is 0 Å². The summed E-state index contributed by atoms with van der Waals surface area (Å²) in [4.78, 5) is 0. The Morgan fingerprint density at radius 1 is 1.08 bits per heavy atom. The monoisotopic (exact) mass is 181 g/mol. The van der Waals surface area contributed by atoms with Crippen LogP contribution in [0.3, 0.4) is 0 Å². The second kappa shape index (κ2) is 3.55. The van der Waals surface area contributed by atoms with Crippen molar-refractivity contribution in [2.24, 2.45) is 5.50 Å². The molecule has 1 atom stereocenters. The first-order valence-electron chi connectivity index (χ1n) is 4.12. The Labute approximate surface area is 75.8 Å². The van der Waals surface area contributed by atoms with Crippen molar-refractivity contribution in [2.75, 3.05) is 0 Å². The predicted molar refractivity (Wildman–Crippen MR) is 56.9 cm³/mol. The highest BCUT2D eigenvalue weighted by Crippen LogP contribution is 2.40. The molecule has 0 radical (unpaired) electrons. The summed E-state index contributed by atoms with van der Waals surface area (Å²) < 4.78 is 0. The standard InChI is InChI=1S/C10H16NP/c1-10(2,3)12(11)9-7-5-4-6-8-9/h4-8H,11H2,1-3H3/t12-/m0/s1. The number of rotatable bonds is 1. The van der Waals surface area contributed by atoms with E-state index in [4.69, 9.17) is 5.50 Å². The Morgan fingerprint density at radius 3 is 2.00 bits per heavy atom. The molecule has 0 aliphatic carbocycles. The van der Waals surface area contributed by atoms with Crippen molar-refractivity contribution < 1.29 is 0 Å². The molecule has 12 heavy (non-hydrogen) atoms. The smallest absolute Gasteiger partial charge is 0.000979 e. The number of benzene rings is 1. The zero-order chi connectivity index (χ0) is 9.19. The SMILES string of the molecule is CC(C)(C)[P@@](N)c1ccccc1. The van der Waals surface area contributed by atoms with E-state index in [1.807, 2.05) is 18.2 Å². The van der Waals surface area contributed by atoms with Gasteiger partial charge in [0.05, 0.1) is 0 Å². The second-order valence-electron chi connectivity index (χ2n) is 3.88. The number of hydrogen-bond acceptors (Lipinski definition) is 1. The quantitative estimate of drug-likeness (QED) is 0.662. The molecule has 2 heteroatoms. The zero-order valence-corrected chi connectivity index (χ0v) is 8.81. The van der Waals surface area contributed by atoms with Crippen LogP contribution in [0.4, 0.5) is 0 Å². The fourth-order valence-corrected chi connectivity index (χ4v) is 2.24. The highest BCUT2D eigenvalue weighted by atomic mass is 31.1. The average Bonchev–Trinajstić information content (AvgIpc) is 2.03. The van der Waals surface area contributed by atoms with Gasteiger partial charge in [0.1, 0.15) is 0 Å². The van der Waals surface area contributed by atoms with Gasteiger partial charge in [-0.05, 0) is 18.5 Å². The van der Waals surface area contributed by atoms with E-state index in [1.165, 1.54) is 5.30 Å². The van der Waals surface area contributed by atoms with Gasteiger partial charge in [-0.2, -0.15) is 0 Å². The third-order valence-electron chi connectivity index (χ3n) is 1.76. The molecule has 0 saturated carbocycles. The topological polar surface area (TPSA) is 26.0 Å². The van der Waals surface area contributed by atoms with Crippen LogP contribution in [0.25, 0.3) is 0 Å². The highest BCUT2D eigenvalue weighted by molar-refractivity contribution is 7.64. The summed E-state index contributed by atoms with van der Waals surface area (Å²) in [6.07, 6.45) is 0. The highest BCUT2D eigenvalue weighted by Gasteiger charge is 2.21. The van der Waals surface area contributed by atoms with Gasteiger partial charge in [-0.1, -0.05) is 51.1 Å². The van der Waals surface area contributed by atoms with E-state index in [9.17, 15) is 0 Å². The Balaban J connectivity index is 2.86. The van der Waals surface area contributed by atoms with E-state index in [0.29, 0.717) is 0 Å². The van der Waals surface area contributed by atoms with Gasteiger partial charge in [-0.3, -0.25) is 0 Å². The summed E-state index contributed by atoms with van der Waals surface area (Å²) in [5.74, 6) is 0. The van der Waals surface area contributed by atoms with Crippen LogP contribution in [0.5, 0.6) is 0 Å². The maximum absolute atomic E-state index is 6.14. The van der Waals surface area contributed by atoms with Gasteiger partial charge in [0.25, 0.3) is 0 Å². The van der Waals surface area contributed by atoms with Gasteiger partial charge in [0.2, 0.25) is 0 Å². The second-order valence-corrected chi connectivity index (χ2v) is 6.47. The minimum Gasteiger partial charge on any atom is -0.306 e. The molecule has 0 spiro atoms. The fourth-order valence-electron chi connectivity index (χ4n) is 0.976. The van der Waals surface area contributed by atoms with Crippen LogP contribution in [0.2, 0.25) is 0 Å². The van der Waals surface area contributed by atoms with Crippen molar-refractivity contribution in [3.05, 3.63) is 30.3 Å². The van der Waals surface area contributed by atoms with E-state index in [0.717, 1.165) is 0 Å². The van der Waals surface area contributed by atoms with E-state index in [-0.39, 0.29) is 5.16 Å². The van der Waals surface area contributed by atoms with Crippen LogP contribution in [0.1, 0.15) is 20.8 Å². The Bertz CT molecular complexity index is 238. The first kappa shape index (κ1) is 9.70. The van der Waals surface area contributed by atoms with Crippen LogP contribution < -0.4 is 10.8 Å². The predicted octanol–water partition coefficient (Wildman–Crippen LogP) is 2.47. The minimum atomic E-state index is -0.517. The first-order valence-corrected chi connectivity index (χ1v) is 5.53. The number of nitrogens with two attached hydrogens (primary N) is 1. The third kappa shape index (κ3) is 2.30. The van der Waals surface area contributed by atoms with Crippen molar-refractivity contribution in [2.45, 2.75) is 25.9 Å².